The molecule has 0 radical (unpaired) electrons. The molecule has 0 spiro atoms. The quantitative estimate of drug-likeness (QED) is 0.322. The summed E-state index contributed by atoms with van der Waals surface area (Å²) in [5.74, 6) is 0.972. The Morgan fingerprint density at radius 2 is 1.57 bits per heavy atom. The van der Waals surface area contributed by atoms with Crippen LogP contribution in [0.1, 0.15) is 67.7 Å². The van der Waals surface area contributed by atoms with E-state index in [9.17, 15) is 4.79 Å². The van der Waals surface area contributed by atoms with Gasteiger partial charge in [-0.15, -0.1) is 0 Å². The lowest BCUT2D eigenvalue weighted by molar-refractivity contribution is -0.121. The van der Waals surface area contributed by atoms with Gasteiger partial charge in [0, 0.05) is 25.4 Å². The Morgan fingerprint density at radius 3 is 2.20 bits per heavy atom. The maximum absolute atomic E-state index is 12.1. The number of aryl methyl sites for hydroxylation is 1. The van der Waals surface area contributed by atoms with Crippen molar-refractivity contribution in [2.24, 2.45) is 5.92 Å². The van der Waals surface area contributed by atoms with E-state index in [4.69, 9.17) is 0 Å². The molecule has 4 heteroatoms. The van der Waals surface area contributed by atoms with Crippen LogP contribution in [0.25, 0.3) is 0 Å². The Hall–Kier alpha value is -2.98. The summed E-state index contributed by atoms with van der Waals surface area (Å²) < 4.78 is 0. The van der Waals surface area contributed by atoms with Crippen LogP contribution in [0.15, 0.2) is 85.2 Å². The molecular weight excluding hydrogens is 430 g/mol. The van der Waals surface area contributed by atoms with Gasteiger partial charge in [0.25, 0.3) is 0 Å². The molecule has 1 fully saturated rings. The van der Waals surface area contributed by atoms with Crippen LogP contribution in [0.2, 0.25) is 0 Å². The van der Waals surface area contributed by atoms with Crippen LogP contribution in [-0.4, -0.2) is 35.4 Å². The first-order valence-electron chi connectivity index (χ1n) is 13.3. The highest BCUT2D eigenvalue weighted by Crippen LogP contribution is 2.33. The highest BCUT2D eigenvalue weighted by molar-refractivity contribution is 5.76. The molecule has 35 heavy (non-hydrogen) atoms. The van der Waals surface area contributed by atoms with Gasteiger partial charge in [0.15, 0.2) is 0 Å². The first-order chi connectivity index (χ1) is 17.3. The molecule has 0 bridgehead atoms. The molecule has 1 aliphatic rings. The standard InChI is InChI=1S/C31H39N3O/c35-30(18-17-27-12-10-21-32-25-27)33-22-9-3-4-11-26-19-23-34(24-20-26)31(28-13-5-1-6-14-28)29-15-7-2-8-16-29/h1-2,5-8,10,12-16,21,25-26,31H,3-4,9,11,17-20,22-24H2,(H,33,35). The second kappa shape index (κ2) is 13.8. The van der Waals surface area contributed by atoms with Crippen LogP contribution in [-0.2, 0) is 11.2 Å². The first kappa shape index (κ1) is 25.1. The zero-order valence-corrected chi connectivity index (χ0v) is 20.8. The number of carbonyl (C=O) groups is 1. The molecule has 0 atom stereocenters. The van der Waals surface area contributed by atoms with Gasteiger partial charge in [-0.05, 0) is 67.4 Å². The average Bonchev–Trinajstić information content (AvgIpc) is 2.92. The van der Waals surface area contributed by atoms with Gasteiger partial charge in [0.2, 0.25) is 5.91 Å². The van der Waals surface area contributed by atoms with Crippen LogP contribution >= 0.6 is 0 Å². The van der Waals surface area contributed by atoms with E-state index in [1.54, 1.807) is 6.20 Å². The molecule has 184 valence electrons. The Kier molecular flexibility index (Phi) is 9.90. The van der Waals surface area contributed by atoms with E-state index in [-0.39, 0.29) is 5.91 Å². The lowest BCUT2D eigenvalue weighted by atomic mass is 9.88. The van der Waals surface area contributed by atoms with E-state index in [1.807, 2.05) is 18.3 Å². The number of piperidine rings is 1. The normalized spacial score (nSPS) is 14.8. The smallest absolute Gasteiger partial charge is 0.220 e. The Bertz CT molecular complexity index is 946. The van der Waals surface area contributed by atoms with Crippen molar-refractivity contribution in [3.05, 3.63) is 102 Å². The number of amides is 1. The van der Waals surface area contributed by atoms with Crippen LogP contribution in [0.3, 0.4) is 0 Å². The highest BCUT2D eigenvalue weighted by Gasteiger charge is 2.27. The van der Waals surface area contributed by atoms with E-state index < -0.39 is 0 Å². The van der Waals surface area contributed by atoms with Crippen molar-refractivity contribution in [2.45, 2.75) is 57.4 Å². The molecule has 1 aliphatic heterocycles. The molecule has 3 aromatic rings. The zero-order valence-electron chi connectivity index (χ0n) is 20.8. The molecule has 4 rings (SSSR count). The summed E-state index contributed by atoms with van der Waals surface area (Å²) in [4.78, 5) is 18.8. The van der Waals surface area contributed by atoms with Crippen molar-refractivity contribution in [1.82, 2.24) is 15.2 Å². The minimum atomic E-state index is 0.146. The van der Waals surface area contributed by atoms with E-state index >= 15 is 0 Å². The van der Waals surface area contributed by atoms with Gasteiger partial charge in [0.05, 0.1) is 6.04 Å². The highest BCUT2D eigenvalue weighted by atomic mass is 16.1. The van der Waals surface area contributed by atoms with E-state index in [0.717, 1.165) is 44.0 Å². The second-order valence-electron chi connectivity index (χ2n) is 9.76. The molecular formula is C31H39N3O. The van der Waals surface area contributed by atoms with Crippen LogP contribution in [0, 0.1) is 5.92 Å². The number of rotatable bonds is 12. The minimum Gasteiger partial charge on any atom is -0.356 e. The molecule has 1 saturated heterocycles. The van der Waals surface area contributed by atoms with Gasteiger partial charge in [-0.3, -0.25) is 14.7 Å². The number of benzene rings is 2. The fourth-order valence-corrected chi connectivity index (χ4v) is 5.24. The summed E-state index contributed by atoms with van der Waals surface area (Å²) in [7, 11) is 0. The number of hydrogen-bond acceptors (Lipinski definition) is 3. The van der Waals surface area contributed by atoms with Crippen LogP contribution in [0.4, 0.5) is 0 Å². The molecule has 2 aromatic carbocycles. The molecule has 1 amide bonds. The number of pyridine rings is 1. The lowest BCUT2D eigenvalue weighted by Gasteiger charge is -2.38. The predicted octanol–water partition coefficient (Wildman–Crippen LogP) is 6.19. The van der Waals surface area contributed by atoms with Gasteiger partial charge in [0.1, 0.15) is 0 Å². The molecule has 1 aromatic heterocycles. The Labute approximate surface area is 210 Å². The van der Waals surface area contributed by atoms with Crippen molar-refractivity contribution >= 4 is 5.91 Å². The summed E-state index contributed by atoms with van der Waals surface area (Å²) in [5, 5.41) is 3.07. The van der Waals surface area contributed by atoms with Crippen molar-refractivity contribution < 1.29 is 4.79 Å². The van der Waals surface area contributed by atoms with Gasteiger partial charge in [-0.25, -0.2) is 0 Å². The fraction of sp³-hybridized carbons (Fsp3) is 0.419. The van der Waals surface area contributed by atoms with Crippen molar-refractivity contribution in [2.75, 3.05) is 19.6 Å². The molecule has 2 heterocycles. The van der Waals surface area contributed by atoms with E-state index in [0.29, 0.717) is 12.5 Å². The largest absolute Gasteiger partial charge is 0.356 e. The van der Waals surface area contributed by atoms with Gasteiger partial charge in [-0.2, -0.15) is 0 Å². The third-order valence-corrected chi connectivity index (χ3v) is 7.22. The third-order valence-electron chi connectivity index (χ3n) is 7.22. The van der Waals surface area contributed by atoms with Crippen LogP contribution < -0.4 is 5.32 Å². The number of carbonyl (C=O) groups excluding carboxylic acids is 1. The van der Waals surface area contributed by atoms with Gasteiger partial charge < -0.3 is 5.32 Å². The second-order valence-corrected chi connectivity index (χ2v) is 9.76. The topological polar surface area (TPSA) is 45.2 Å². The third kappa shape index (κ3) is 8.03. The summed E-state index contributed by atoms with van der Waals surface area (Å²) in [6.07, 6.45) is 12.3. The number of likely N-dealkylation sites (tertiary alicyclic amines) is 1. The summed E-state index contributed by atoms with van der Waals surface area (Å²) in [5.41, 5.74) is 3.90. The minimum absolute atomic E-state index is 0.146. The maximum Gasteiger partial charge on any atom is 0.220 e. The molecule has 1 N–H and O–H groups in total. The number of aromatic nitrogens is 1. The summed E-state index contributed by atoms with van der Waals surface area (Å²) in [6.45, 7) is 3.11. The predicted molar refractivity (Wildman–Crippen MR) is 143 cm³/mol. The Morgan fingerprint density at radius 1 is 0.886 bits per heavy atom. The lowest BCUT2D eigenvalue weighted by Crippen LogP contribution is -2.37. The maximum atomic E-state index is 12.1. The number of unbranched alkanes of at least 4 members (excludes halogenated alkanes) is 2. The van der Waals surface area contributed by atoms with Crippen molar-refractivity contribution in [3.63, 3.8) is 0 Å². The van der Waals surface area contributed by atoms with Crippen molar-refractivity contribution in [3.8, 4) is 0 Å². The summed E-state index contributed by atoms with van der Waals surface area (Å²) >= 11 is 0. The molecule has 0 aliphatic carbocycles. The SMILES string of the molecule is O=C(CCc1cccnc1)NCCCCCC1CCN(C(c2ccccc2)c2ccccc2)CC1. The summed E-state index contributed by atoms with van der Waals surface area (Å²) in [6, 6.07) is 26.2. The molecule has 0 unspecified atom stereocenters. The first-order valence-corrected chi connectivity index (χ1v) is 13.3. The number of nitrogens with one attached hydrogen (secondary N) is 1. The van der Waals surface area contributed by atoms with E-state index in [1.165, 1.54) is 43.2 Å². The monoisotopic (exact) mass is 469 g/mol. The number of nitrogens with zero attached hydrogens (tertiary/aromatic N) is 2. The molecule has 4 nitrogen and oxygen atoms in total. The van der Waals surface area contributed by atoms with E-state index in [2.05, 4.69) is 75.9 Å². The zero-order chi connectivity index (χ0) is 24.1. The average molecular weight is 470 g/mol. The van der Waals surface area contributed by atoms with Gasteiger partial charge >= 0.3 is 0 Å². The Balaban J connectivity index is 1.12. The molecule has 0 saturated carbocycles. The fourth-order valence-electron chi connectivity index (χ4n) is 5.24. The van der Waals surface area contributed by atoms with Gasteiger partial charge in [-0.1, -0.05) is 86.0 Å². The number of hydrogen-bond donors (Lipinski definition) is 1. The van der Waals surface area contributed by atoms with Crippen molar-refractivity contribution in [1.29, 1.82) is 0 Å². The van der Waals surface area contributed by atoms with Crippen LogP contribution in [0.5, 0.6) is 0 Å².